The van der Waals surface area contributed by atoms with Gasteiger partial charge in [-0.3, -0.25) is 0 Å². The number of rotatable bonds is 5. The first kappa shape index (κ1) is 17.3. The highest BCUT2D eigenvalue weighted by molar-refractivity contribution is 4.99. The van der Waals surface area contributed by atoms with E-state index in [1.54, 1.807) is 0 Å². The summed E-state index contributed by atoms with van der Waals surface area (Å²) in [5.74, 6) is 3.39. The third-order valence-electron chi connectivity index (χ3n) is 6.61. The quantitative estimate of drug-likeness (QED) is 0.678. The monoisotopic (exact) mass is 294 g/mol. The molecule has 1 heteroatoms. The summed E-state index contributed by atoms with van der Waals surface area (Å²) in [6, 6.07) is 0. The molecule has 0 bridgehead atoms. The van der Waals surface area contributed by atoms with Crippen LogP contribution in [-0.2, 0) is 0 Å². The van der Waals surface area contributed by atoms with Crippen LogP contribution in [0.5, 0.6) is 0 Å². The maximum atomic E-state index is 11.6. The average Bonchev–Trinajstić information content (AvgIpc) is 2.45. The normalized spacial score (nSPS) is 41.4. The second-order valence-corrected chi connectivity index (χ2v) is 8.59. The summed E-state index contributed by atoms with van der Waals surface area (Å²) in [5.41, 5.74) is -0.360. The Morgan fingerprint density at radius 1 is 1.05 bits per heavy atom. The van der Waals surface area contributed by atoms with Crippen molar-refractivity contribution in [3.05, 3.63) is 0 Å². The van der Waals surface area contributed by atoms with E-state index in [-0.39, 0.29) is 5.60 Å². The predicted octanol–water partition coefficient (Wildman–Crippen LogP) is 5.81. The third-order valence-corrected chi connectivity index (χ3v) is 6.61. The Hall–Kier alpha value is -0.0400. The fourth-order valence-electron chi connectivity index (χ4n) is 5.35. The van der Waals surface area contributed by atoms with E-state index in [0.717, 1.165) is 12.3 Å². The van der Waals surface area contributed by atoms with Crippen molar-refractivity contribution in [2.75, 3.05) is 0 Å². The zero-order chi connectivity index (χ0) is 15.5. The molecular weight excluding hydrogens is 256 g/mol. The molecule has 2 aliphatic carbocycles. The Kier molecular flexibility index (Phi) is 6.17. The lowest BCUT2D eigenvalue weighted by molar-refractivity contribution is -0.132. The largest absolute Gasteiger partial charge is 0.389 e. The van der Waals surface area contributed by atoms with Crippen LogP contribution in [0.25, 0.3) is 0 Å². The molecule has 2 aliphatic rings. The van der Waals surface area contributed by atoms with Gasteiger partial charge in [-0.1, -0.05) is 66.2 Å². The number of hydrogen-bond donors (Lipinski definition) is 1. The molecule has 0 radical (unpaired) electrons. The minimum Gasteiger partial charge on any atom is -0.389 e. The summed E-state index contributed by atoms with van der Waals surface area (Å²) in [5, 5.41) is 11.6. The molecule has 1 N–H and O–H groups in total. The summed E-state index contributed by atoms with van der Waals surface area (Å²) in [4.78, 5) is 0. The topological polar surface area (TPSA) is 20.2 Å². The Labute approximate surface area is 132 Å². The standard InChI is InChI=1S/C20H38O/c1-5-6-7-17-9-11-18(12-10-17)20(21)14-16(4)8-13-19(20)15(2)3/h15-19,21H,5-14H2,1-4H3/t16?,17?,18?,19-,20-/m0/s1. The highest BCUT2D eigenvalue weighted by Gasteiger charge is 2.48. The van der Waals surface area contributed by atoms with Crippen LogP contribution in [0.3, 0.4) is 0 Å². The van der Waals surface area contributed by atoms with Gasteiger partial charge in [-0.25, -0.2) is 0 Å². The van der Waals surface area contributed by atoms with E-state index >= 15 is 0 Å². The Bertz CT molecular complexity index is 303. The maximum Gasteiger partial charge on any atom is 0.0708 e. The Balaban J connectivity index is 1.98. The lowest BCUT2D eigenvalue weighted by Crippen LogP contribution is -2.51. The summed E-state index contributed by atoms with van der Waals surface area (Å²) in [6.45, 7) is 9.27. The van der Waals surface area contributed by atoms with Crippen LogP contribution in [0, 0.1) is 29.6 Å². The molecule has 0 aromatic carbocycles. The fraction of sp³-hybridized carbons (Fsp3) is 1.00. The van der Waals surface area contributed by atoms with E-state index < -0.39 is 0 Å². The molecule has 21 heavy (non-hydrogen) atoms. The van der Waals surface area contributed by atoms with Crippen LogP contribution in [0.1, 0.15) is 91.9 Å². The first-order valence-electron chi connectivity index (χ1n) is 9.69. The van der Waals surface area contributed by atoms with Crippen molar-refractivity contribution in [1.82, 2.24) is 0 Å². The van der Waals surface area contributed by atoms with E-state index in [4.69, 9.17) is 0 Å². The van der Waals surface area contributed by atoms with E-state index in [0.29, 0.717) is 23.7 Å². The maximum absolute atomic E-state index is 11.6. The van der Waals surface area contributed by atoms with Crippen molar-refractivity contribution < 1.29 is 5.11 Å². The van der Waals surface area contributed by atoms with Crippen LogP contribution in [0.15, 0.2) is 0 Å². The zero-order valence-corrected chi connectivity index (χ0v) is 14.9. The van der Waals surface area contributed by atoms with Crippen molar-refractivity contribution in [3.63, 3.8) is 0 Å². The van der Waals surface area contributed by atoms with Crippen molar-refractivity contribution in [3.8, 4) is 0 Å². The van der Waals surface area contributed by atoms with E-state index in [1.807, 2.05) is 0 Å². The molecule has 0 aromatic rings. The van der Waals surface area contributed by atoms with Crippen molar-refractivity contribution in [2.45, 2.75) is 97.5 Å². The van der Waals surface area contributed by atoms with Gasteiger partial charge in [0.1, 0.15) is 0 Å². The summed E-state index contributed by atoms with van der Waals surface area (Å²) >= 11 is 0. The van der Waals surface area contributed by atoms with Crippen LogP contribution < -0.4 is 0 Å². The zero-order valence-electron chi connectivity index (χ0n) is 14.9. The average molecular weight is 295 g/mol. The summed E-state index contributed by atoms with van der Waals surface area (Å²) in [7, 11) is 0. The van der Waals surface area contributed by atoms with E-state index in [1.165, 1.54) is 57.8 Å². The molecule has 1 unspecified atom stereocenters. The number of hydrogen-bond acceptors (Lipinski definition) is 1. The molecule has 1 nitrogen and oxygen atoms in total. The van der Waals surface area contributed by atoms with Gasteiger partial charge in [0, 0.05) is 0 Å². The SMILES string of the molecule is CCCCC1CCC([C@@]2(O)CC(C)CC[C@H]2C(C)C)CC1. The van der Waals surface area contributed by atoms with Crippen molar-refractivity contribution >= 4 is 0 Å². The molecule has 0 spiro atoms. The van der Waals surface area contributed by atoms with Gasteiger partial charge in [0.25, 0.3) is 0 Å². The van der Waals surface area contributed by atoms with Crippen LogP contribution in [0.4, 0.5) is 0 Å². The molecular formula is C20H38O. The molecule has 2 fully saturated rings. The molecule has 0 saturated heterocycles. The second kappa shape index (κ2) is 7.49. The lowest BCUT2D eigenvalue weighted by atomic mass is 9.58. The van der Waals surface area contributed by atoms with Crippen LogP contribution in [-0.4, -0.2) is 10.7 Å². The van der Waals surface area contributed by atoms with Crippen molar-refractivity contribution in [2.24, 2.45) is 29.6 Å². The second-order valence-electron chi connectivity index (χ2n) is 8.59. The van der Waals surface area contributed by atoms with Gasteiger partial charge in [0.2, 0.25) is 0 Å². The van der Waals surface area contributed by atoms with Gasteiger partial charge in [0.15, 0.2) is 0 Å². The van der Waals surface area contributed by atoms with Gasteiger partial charge in [0.05, 0.1) is 5.60 Å². The third kappa shape index (κ3) is 4.03. The predicted molar refractivity (Wildman–Crippen MR) is 91.3 cm³/mol. The molecule has 2 saturated carbocycles. The van der Waals surface area contributed by atoms with E-state index in [9.17, 15) is 5.11 Å². The summed E-state index contributed by atoms with van der Waals surface area (Å²) < 4.78 is 0. The van der Waals surface area contributed by atoms with Gasteiger partial charge in [-0.15, -0.1) is 0 Å². The number of aliphatic hydroxyl groups is 1. The smallest absolute Gasteiger partial charge is 0.0708 e. The molecule has 0 heterocycles. The van der Waals surface area contributed by atoms with Gasteiger partial charge in [-0.05, 0) is 55.3 Å². The van der Waals surface area contributed by atoms with Gasteiger partial charge < -0.3 is 5.11 Å². The van der Waals surface area contributed by atoms with E-state index in [2.05, 4.69) is 27.7 Å². The molecule has 0 aromatic heterocycles. The van der Waals surface area contributed by atoms with Crippen molar-refractivity contribution in [1.29, 1.82) is 0 Å². The Morgan fingerprint density at radius 2 is 1.71 bits per heavy atom. The minimum absolute atomic E-state index is 0.360. The highest BCUT2D eigenvalue weighted by Crippen LogP contribution is 2.50. The first-order chi connectivity index (χ1) is 9.97. The lowest BCUT2D eigenvalue weighted by Gasteiger charge is -2.51. The fourth-order valence-corrected chi connectivity index (χ4v) is 5.35. The minimum atomic E-state index is -0.360. The van der Waals surface area contributed by atoms with Gasteiger partial charge >= 0.3 is 0 Å². The van der Waals surface area contributed by atoms with Crippen LogP contribution in [0.2, 0.25) is 0 Å². The van der Waals surface area contributed by atoms with Crippen LogP contribution >= 0.6 is 0 Å². The molecule has 0 amide bonds. The molecule has 0 aliphatic heterocycles. The molecule has 2 rings (SSSR count). The summed E-state index contributed by atoms with van der Waals surface area (Å²) in [6.07, 6.45) is 13.1. The molecule has 3 atom stereocenters. The number of unbranched alkanes of at least 4 members (excludes halogenated alkanes) is 1. The first-order valence-corrected chi connectivity index (χ1v) is 9.69. The molecule has 124 valence electrons. The Morgan fingerprint density at radius 3 is 2.29 bits per heavy atom. The van der Waals surface area contributed by atoms with Gasteiger partial charge in [-0.2, -0.15) is 0 Å². The highest BCUT2D eigenvalue weighted by atomic mass is 16.3.